The van der Waals surface area contributed by atoms with Crippen molar-refractivity contribution in [3.8, 4) is 0 Å². The van der Waals surface area contributed by atoms with Crippen molar-refractivity contribution in [2.45, 2.75) is 39.5 Å². The maximum absolute atomic E-state index is 7.89. The number of nitrogens with zero attached hydrogens (tertiary/aromatic N) is 1. The monoisotopic (exact) mass is 147 g/mol. The predicted molar refractivity (Wildman–Crippen MR) is 45.3 cm³/mol. The molecule has 0 bridgehead atoms. The molecule has 0 heterocycles. The summed E-state index contributed by atoms with van der Waals surface area (Å²) in [4.78, 5) is 0. The summed E-state index contributed by atoms with van der Waals surface area (Å²) in [6.07, 6.45) is 5.54. The smallest absolute Gasteiger partial charge is 0.0121 e. The van der Waals surface area contributed by atoms with Gasteiger partial charge < -0.3 is 5.21 Å². The van der Waals surface area contributed by atoms with Crippen molar-refractivity contribution < 1.29 is 5.21 Å². The number of unbranched alkanes of at least 4 members (excludes halogenated alkanes) is 3. The lowest BCUT2D eigenvalue weighted by Crippen LogP contribution is -2.01. The second-order valence-corrected chi connectivity index (χ2v) is 2.55. The Morgan fingerprint density at radius 3 is 1.30 bits per heavy atom. The Labute approximate surface area is 64.8 Å². The van der Waals surface area contributed by atoms with E-state index in [1.807, 2.05) is 0 Å². The zero-order chi connectivity index (χ0) is 8.41. The van der Waals surface area contributed by atoms with E-state index in [1.54, 1.807) is 14.1 Å². The van der Waals surface area contributed by atoms with Crippen molar-refractivity contribution >= 4 is 0 Å². The van der Waals surface area contributed by atoms with Gasteiger partial charge in [0.2, 0.25) is 0 Å². The summed E-state index contributed by atoms with van der Waals surface area (Å²) in [6.45, 7) is 4.46. The second kappa shape index (κ2) is 11.7. The topological polar surface area (TPSA) is 23.5 Å². The fourth-order valence-corrected chi connectivity index (χ4v) is 0.500. The van der Waals surface area contributed by atoms with E-state index in [-0.39, 0.29) is 0 Å². The van der Waals surface area contributed by atoms with Gasteiger partial charge in [0.1, 0.15) is 0 Å². The highest BCUT2D eigenvalue weighted by Gasteiger charge is 1.75. The first-order valence-corrected chi connectivity index (χ1v) is 4.01. The van der Waals surface area contributed by atoms with Crippen LogP contribution in [0, 0.1) is 0 Å². The predicted octanol–water partition coefficient (Wildman–Crippen LogP) is 2.52. The molecule has 2 nitrogen and oxygen atoms in total. The third-order valence-corrected chi connectivity index (χ3v) is 0.957. The SMILES string of the molecule is CCCCCC.CN(C)O. The summed E-state index contributed by atoms with van der Waals surface area (Å²) < 4.78 is 0. The molecule has 10 heavy (non-hydrogen) atoms. The van der Waals surface area contributed by atoms with Crippen LogP contribution in [0.4, 0.5) is 0 Å². The fraction of sp³-hybridized carbons (Fsp3) is 1.00. The fourth-order valence-electron chi connectivity index (χ4n) is 0.500. The zero-order valence-electron chi connectivity index (χ0n) is 7.72. The van der Waals surface area contributed by atoms with E-state index in [4.69, 9.17) is 5.21 Å². The lowest BCUT2D eigenvalue weighted by Gasteiger charge is -1.89. The molecule has 2 heteroatoms. The highest BCUT2D eigenvalue weighted by atomic mass is 16.5. The third kappa shape index (κ3) is 44.5. The Bertz CT molecular complexity index is 39.8. The molecule has 0 aromatic rings. The average molecular weight is 147 g/mol. The molecule has 0 aliphatic heterocycles. The quantitative estimate of drug-likeness (QED) is 0.490. The van der Waals surface area contributed by atoms with Crippen molar-refractivity contribution in [1.82, 2.24) is 5.06 Å². The van der Waals surface area contributed by atoms with Gasteiger partial charge in [-0.2, -0.15) is 5.06 Å². The molecule has 0 aromatic heterocycles. The van der Waals surface area contributed by atoms with Gasteiger partial charge in [-0.3, -0.25) is 0 Å². The van der Waals surface area contributed by atoms with Crippen LogP contribution in [0.25, 0.3) is 0 Å². The minimum atomic E-state index is 1.00. The minimum absolute atomic E-state index is 1.00. The molecule has 0 unspecified atom stereocenters. The first-order valence-electron chi connectivity index (χ1n) is 4.01. The molecule has 0 fully saturated rings. The summed E-state index contributed by atoms with van der Waals surface area (Å²) in [5.74, 6) is 0. The maximum atomic E-state index is 7.89. The van der Waals surface area contributed by atoms with E-state index in [9.17, 15) is 0 Å². The molecular formula is C8H21NO. The summed E-state index contributed by atoms with van der Waals surface area (Å²) in [6, 6.07) is 0. The van der Waals surface area contributed by atoms with Crippen LogP contribution in [0.1, 0.15) is 39.5 Å². The molecule has 0 saturated heterocycles. The zero-order valence-corrected chi connectivity index (χ0v) is 7.72. The number of hydroxylamine groups is 2. The third-order valence-electron chi connectivity index (χ3n) is 0.957. The molecule has 0 aliphatic rings. The lowest BCUT2D eigenvalue weighted by molar-refractivity contribution is -0.0372. The molecule has 0 amide bonds. The summed E-state index contributed by atoms with van der Waals surface area (Å²) in [7, 11) is 3.11. The molecule has 64 valence electrons. The van der Waals surface area contributed by atoms with Gasteiger partial charge in [0.15, 0.2) is 0 Å². The Morgan fingerprint density at radius 2 is 1.20 bits per heavy atom. The Balaban J connectivity index is 0. The van der Waals surface area contributed by atoms with Crippen LogP contribution in [0.15, 0.2) is 0 Å². The molecule has 0 radical (unpaired) electrons. The Kier molecular flexibility index (Phi) is 14.7. The van der Waals surface area contributed by atoms with E-state index < -0.39 is 0 Å². The van der Waals surface area contributed by atoms with Crippen LogP contribution in [-0.4, -0.2) is 24.4 Å². The van der Waals surface area contributed by atoms with Crippen LogP contribution in [0.2, 0.25) is 0 Å². The van der Waals surface area contributed by atoms with Crippen molar-refractivity contribution in [3.05, 3.63) is 0 Å². The average Bonchev–Trinajstić information content (AvgIpc) is 1.82. The normalized spacial score (nSPS) is 9.00. The summed E-state index contributed by atoms with van der Waals surface area (Å²) in [5.41, 5.74) is 0. The van der Waals surface area contributed by atoms with E-state index in [0.29, 0.717) is 0 Å². The van der Waals surface area contributed by atoms with E-state index in [2.05, 4.69) is 13.8 Å². The van der Waals surface area contributed by atoms with Crippen molar-refractivity contribution in [1.29, 1.82) is 0 Å². The summed E-state index contributed by atoms with van der Waals surface area (Å²) in [5, 5.41) is 8.89. The Morgan fingerprint density at radius 1 is 1.00 bits per heavy atom. The highest BCUT2D eigenvalue weighted by Crippen LogP contribution is 1.95. The number of rotatable bonds is 3. The molecule has 0 aromatic carbocycles. The lowest BCUT2D eigenvalue weighted by atomic mass is 10.2. The van der Waals surface area contributed by atoms with Gasteiger partial charge in [0.05, 0.1) is 0 Å². The van der Waals surface area contributed by atoms with Gasteiger partial charge in [-0.05, 0) is 0 Å². The largest absolute Gasteiger partial charge is 0.315 e. The standard InChI is InChI=1S/C6H14.C2H7NO/c1-3-5-6-4-2;1-3(2)4/h3-6H2,1-2H3;4H,1-2H3. The molecule has 0 saturated carbocycles. The summed E-state index contributed by atoms with van der Waals surface area (Å²) >= 11 is 0. The molecule has 1 N–H and O–H groups in total. The van der Waals surface area contributed by atoms with Gasteiger partial charge in [0.25, 0.3) is 0 Å². The number of hydrogen-bond donors (Lipinski definition) is 1. The highest BCUT2D eigenvalue weighted by molar-refractivity contribution is 4.31. The molecule has 0 atom stereocenters. The van der Waals surface area contributed by atoms with Gasteiger partial charge >= 0.3 is 0 Å². The van der Waals surface area contributed by atoms with Crippen molar-refractivity contribution in [3.63, 3.8) is 0 Å². The van der Waals surface area contributed by atoms with Gasteiger partial charge in [-0.15, -0.1) is 0 Å². The van der Waals surface area contributed by atoms with E-state index in [1.165, 1.54) is 25.7 Å². The van der Waals surface area contributed by atoms with E-state index in [0.717, 1.165) is 5.06 Å². The van der Waals surface area contributed by atoms with Crippen LogP contribution in [0.5, 0.6) is 0 Å². The molecular weight excluding hydrogens is 126 g/mol. The number of hydrogen-bond acceptors (Lipinski definition) is 2. The van der Waals surface area contributed by atoms with Gasteiger partial charge in [-0.1, -0.05) is 39.5 Å². The van der Waals surface area contributed by atoms with Crippen LogP contribution >= 0.6 is 0 Å². The first kappa shape index (κ1) is 12.6. The minimum Gasteiger partial charge on any atom is -0.315 e. The van der Waals surface area contributed by atoms with Crippen LogP contribution < -0.4 is 0 Å². The van der Waals surface area contributed by atoms with Gasteiger partial charge in [-0.25, -0.2) is 0 Å². The van der Waals surface area contributed by atoms with Crippen molar-refractivity contribution in [2.24, 2.45) is 0 Å². The van der Waals surface area contributed by atoms with E-state index >= 15 is 0 Å². The maximum Gasteiger partial charge on any atom is 0.0121 e. The van der Waals surface area contributed by atoms with Crippen molar-refractivity contribution in [2.75, 3.05) is 14.1 Å². The second-order valence-electron chi connectivity index (χ2n) is 2.55. The Hall–Kier alpha value is -0.0800. The molecule has 0 aliphatic carbocycles. The molecule has 0 spiro atoms. The molecule has 0 rings (SSSR count). The van der Waals surface area contributed by atoms with Crippen LogP contribution in [-0.2, 0) is 0 Å². The van der Waals surface area contributed by atoms with Gasteiger partial charge in [0, 0.05) is 14.1 Å². The first-order chi connectivity index (χ1) is 4.65. The van der Waals surface area contributed by atoms with Crippen LogP contribution in [0.3, 0.4) is 0 Å².